The standard InChI is InChI=1S/C11H15FO/c1-3-9(2)13-8-10-4-6-11(12)7-5-10/h4-7,9H,3,8H2,1-2H3. The summed E-state index contributed by atoms with van der Waals surface area (Å²) in [4.78, 5) is 0. The lowest BCUT2D eigenvalue weighted by Gasteiger charge is -2.09. The highest BCUT2D eigenvalue weighted by Crippen LogP contribution is 2.06. The number of hydrogen-bond acceptors (Lipinski definition) is 1. The summed E-state index contributed by atoms with van der Waals surface area (Å²) in [6.45, 7) is 4.67. The summed E-state index contributed by atoms with van der Waals surface area (Å²) in [7, 11) is 0. The Labute approximate surface area is 78.5 Å². The minimum Gasteiger partial charge on any atom is -0.374 e. The first-order valence-corrected chi connectivity index (χ1v) is 4.58. The Balaban J connectivity index is 2.41. The average molecular weight is 182 g/mol. The number of rotatable bonds is 4. The largest absolute Gasteiger partial charge is 0.374 e. The van der Waals surface area contributed by atoms with Crippen molar-refractivity contribution in [2.75, 3.05) is 0 Å². The fourth-order valence-electron chi connectivity index (χ4n) is 0.937. The van der Waals surface area contributed by atoms with Gasteiger partial charge in [-0.25, -0.2) is 4.39 Å². The summed E-state index contributed by atoms with van der Waals surface area (Å²) < 4.78 is 18.0. The molecule has 0 spiro atoms. The molecule has 13 heavy (non-hydrogen) atoms. The summed E-state index contributed by atoms with van der Waals surface area (Å²) in [6, 6.07) is 6.40. The van der Waals surface area contributed by atoms with Gasteiger partial charge in [-0.15, -0.1) is 0 Å². The average Bonchev–Trinajstić information content (AvgIpc) is 2.16. The molecule has 0 radical (unpaired) electrons. The molecule has 1 rings (SSSR count). The SMILES string of the molecule is CCC(C)OCc1ccc(F)cc1. The zero-order valence-corrected chi connectivity index (χ0v) is 8.09. The highest BCUT2D eigenvalue weighted by molar-refractivity contribution is 5.14. The van der Waals surface area contributed by atoms with Gasteiger partial charge in [0.05, 0.1) is 12.7 Å². The predicted octanol–water partition coefficient (Wildman–Crippen LogP) is 3.14. The highest BCUT2D eigenvalue weighted by Gasteiger charge is 1.99. The molecule has 0 aromatic heterocycles. The quantitative estimate of drug-likeness (QED) is 0.695. The number of hydrogen-bond donors (Lipinski definition) is 0. The lowest BCUT2D eigenvalue weighted by molar-refractivity contribution is 0.0508. The predicted molar refractivity (Wildman–Crippen MR) is 50.9 cm³/mol. The van der Waals surface area contributed by atoms with Gasteiger partial charge in [0.2, 0.25) is 0 Å². The second-order valence-electron chi connectivity index (χ2n) is 3.16. The Hall–Kier alpha value is -0.890. The Morgan fingerprint density at radius 1 is 1.31 bits per heavy atom. The Morgan fingerprint density at radius 3 is 2.46 bits per heavy atom. The maximum Gasteiger partial charge on any atom is 0.123 e. The van der Waals surface area contributed by atoms with Crippen LogP contribution < -0.4 is 0 Å². The van der Waals surface area contributed by atoms with Gasteiger partial charge in [0.15, 0.2) is 0 Å². The van der Waals surface area contributed by atoms with Crippen LogP contribution in [0.5, 0.6) is 0 Å². The maximum absolute atomic E-state index is 12.5. The number of ether oxygens (including phenoxy) is 1. The lowest BCUT2D eigenvalue weighted by Crippen LogP contribution is -2.05. The molecule has 0 saturated carbocycles. The van der Waals surface area contributed by atoms with E-state index in [9.17, 15) is 4.39 Å². The van der Waals surface area contributed by atoms with E-state index in [0.29, 0.717) is 6.61 Å². The van der Waals surface area contributed by atoms with Gasteiger partial charge < -0.3 is 4.74 Å². The van der Waals surface area contributed by atoms with Crippen molar-refractivity contribution in [1.29, 1.82) is 0 Å². The molecular weight excluding hydrogens is 167 g/mol. The van der Waals surface area contributed by atoms with E-state index in [-0.39, 0.29) is 11.9 Å². The minimum atomic E-state index is -0.202. The molecule has 0 aliphatic heterocycles. The van der Waals surface area contributed by atoms with Crippen molar-refractivity contribution in [3.63, 3.8) is 0 Å². The molecule has 0 aliphatic carbocycles. The van der Waals surface area contributed by atoms with Crippen LogP contribution in [0.1, 0.15) is 25.8 Å². The van der Waals surface area contributed by atoms with Crippen LogP contribution in [0.3, 0.4) is 0 Å². The molecule has 0 amide bonds. The third kappa shape index (κ3) is 3.55. The first-order valence-electron chi connectivity index (χ1n) is 4.58. The van der Waals surface area contributed by atoms with E-state index < -0.39 is 0 Å². The second kappa shape index (κ2) is 4.97. The van der Waals surface area contributed by atoms with Crippen LogP contribution in [0, 0.1) is 5.82 Å². The molecule has 0 fully saturated rings. The van der Waals surface area contributed by atoms with Gasteiger partial charge in [0.25, 0.3) is 0 Å². The molecule has 1 nitrogen and oxygen atoms in total. The number of halogens is 1. The fraction of sp³-hybridized carbons (Fsp3) is 0.455. The minimum absolute atomic E-state index is 0.202. The van der Waals surface area contributed by atoms with Gasteiger partial charge in [0.1, 0.15) is 5.82 Å². The van der Waals surface area contributed by atoms with Gasteiger partial charge in [-0.05, 0) is 31.0 Å². The monoisotopic (exact) mass is 182 g/mol. The Kier molecular flexibility index (Phi) is 3.90. The van der Waals surface area contributed by atoms with E-state index in [1.807, 2.05) is 6.92 Å². The molecule has 2 heteroatoms. The number of benzene rings is 1. The van der Waals surface area contributed by atoms with Crippen LogP contribution in [0.25, 0.3) is 0 Å². The van der Waals surface area contributed by atoms with Crippen LogP contribution in [-0.4, -0.2) is 6.10 Å². The molecule has 0 saturated heterocycles. The molecule has 0 aliphatic rings. The molecule has 1 aromatic rings. The molecule has 1 unspecified atom stereocenters. The summed E-state index contributed by atoms with van der Waals surface area (Å²) >= 11 is 0. The van der Waals surface area contributed by atoms with Crippen molar-refractivity contribution in [1.82, 2.24) is 0 Å². The van der Waals surface area contributed by atoms with E-state index in [0.717, 1.165) is 12.0 Å². The van der Waals surface area contributed by atoms with Crippen molar-refractivity contribution in [2.45, 2.75) is 33.0 Å². The maximum atomic E-state index is 12.5. The third-order valence-electron chi connectivity index (χ3n) is 2.02. The Bertz CT molecular complexity index is 243. The third-order valence-corrected chi connectivity index (χ3v) is 2.02. The van der Waals surface area contributed by atoms with Gasteiger partial charge in [-0.2, -0.15) is 0 Å². The van der Waals surface area contributed by atoms with Crippen molar-refractivity contribution in [3.05, 3.63) is 35.6 Å². The van der Waals surface area contributed by atoms with Crippen molar-refractivity contribution in [3.8, 4) is 0 Å². The van der Waals surface area contributed by atoms with E-state index in [4.69, 9.17) is 4.74 Å². The summed E-state index contributed by atoms with van der Waals surface area (Å²) in [6.07, 6.45) is 1.27. The first kappa shape index (κ1) is 10.2. The van der Waals surface area contributed by atoms with Crippen LogP contribution in [-0.2, 0) is 11.3 Å². The molecule has 1 aromatic carbocycles. The van der Waals surface area contributed by atoms with Crippen LogP contribution in [0.4, 0.5) is 4.39 Å². The van der Waals surface area contributed by atoms with E-state index in [1.54, 1.807) is 12.1 Å². The van der Waals surface area contributed by atoms with Gasteiger partial charge >= 0.3 is 0 Å². The fourth-order valence-corrected chi connectivity index (χ4v) is 0.937. The summed E-state index contributed by atoms with van der Waals surface area (Å²) in [5.41, 5.74) is 1.02. The molecule has 0 N–H and O–H groups in total. The van der Waals surface area contributed by atoms with Crippen LogP contribution in [0.15, 0.2) is 24.3 Å². The van der Waals surface area contributed by atoms with Crippen molar-refractivity contribution < 1.29 is 9.13 Å². The first-order chi connectivity index (χ1) is 6.22. The van der Waals surface area contributed by atoms with Gasteiger partial charge in [-0.1, -0.05) is 19.1 Å². The van der Waals surface area contributed by atoms with Crippen LogP contribution in [0.2, 0.25) is 0 Å². The lowest BCUT2D eigenvalue weighted by atomic mass is 10.2. The molecular formula is C11H15FO. The molecule has 72 valence electrons. The van der Waals surface area contributed by atoms with Gasteiger partial charge in [-0.3, -0.25) is 0 Å². The van der Waals surface area contributed by atoms with Gasteiger partial charge in [0, 0.05) is 0 Å². The normalized spacial score (nSPS) is 12.8. The summed E-state index contributed by atoms with van der Waals surface area (Å²) in [5.74, 6) is -0.202. The smallest absolute Gasteiger partial charge is 0.123 e. The topological polar surface area (TPSA) is 9.23 Å². The zero-order chi connectivity index (χ0) is 9.68. The van der Waals surface area contributed by atoms with E-state index >= 15 is 0 Å². The molecule has 0 heterocycles. The van der Waals surface area contributed by atoms with Crippen LogP contribution >= 0.6 is 0 Å². The summed E-state index contributed by atoms with van der Waals surface area (Å²) in [5, 5.41) is 0. The van der Waals surface area contributed by atoms with E-state index in [1.165, 1.54) is 12.1 Å². The highest BCUT2D eigenvalue weighted by atomic mass is 19.1. The molecule has 0 bridgehead atoms. The van der Waals surface area contributed by atoms with E-state index in [2.05, 4.69) is 6.92 Å². The molecule has 1 atom stereocenters. The van der Waals surface area contributed by atoms with Crippen molar-refractivity contribution >= 4 is 0 Å². The zero-order valence-electron chi connectivity index (χ0n) is 8.09. The Morgan fingerprint density at radius 2 is 1.92 bits per heavy atom. The second-order valence-corrected chi connectivity index (χ2v) is 3.16. The van der Waals surface area contributed by atoms with Crippen molar-refractivity contribution in [2.24, 2.45) is 0 Å².